The van der Waals surface area contributed by atoms with Crippen LogP contribution in [0.1, 0.15) is 26.2 Å². The van der Waals surface area contributed by atoms with Crippen LogP contribution in [0, 0.1) is 0 Å². The third-order valence-electron chi connectivity index (χ3n) is 4.17. The molecule has 0 unspecified atom stereocenters. The SMILES string of the molecule is CCCCCN1CCN(S(=O)(=O)c2ccc(OC)c(Cl)c2)CC1. The molecule has 0 saturated carbocycles. The van der Waals surface area contributed by atoms with E-state index in [1.54, 1.807) is 16.4 Å². The Morgan fingerprint density at radius 2 is 1.87 bits per heavy atom. The summed E-state index contributed by atoms with van der Waals surface area (Å²) in [6, 6.07) is 4.60. The van der Waals surface area contributed by atoms with Gasteiger partial charge in [-0.25, -0.2) is 8.42 Å². The van der Waals surface area contributed by atoms with E-state index in [-0.39, 0.29) is 4.90 Å². The summed E-state index contributed by atoms with van der Waals surface area (Å²) in [5.74, 6) is 0.478. The largest absolute Gasteiger partial charge is 0.495 e. The predicted octanol–water partition coefficient (Wildman–Crippen LogP) is 2.85. The second kappa shape index (κ2) is 8.33. The van der Waals surface area contributed by atoms with Gasteiger partial charge in [0.15, 0.2) is 0 Å². The summed E-state index contributed by atoms with van der Waals surface area (Å²) < 4.78 is 32.0. The topological polar surface area (TPSA) is 49.9 Å². The molecule has 0 atom stereocenters. The van der Waals surface area contributed by atoms with E-state index in [0.29, 0.717) is 23.9 Å². The third kappa shape index (κ3) is 4.59. The van der Waals surface area contributed by atoms with E-state index < -0.39 is 10.0 Å². The minimum absolute atomic E-state index is 0.225. The van der Waals surface area contributed by atoms with Gasteiger partial charge in [0.25, 0.3) is 0 Å². The summed E-state index contributed by atoms with van der Waals surface area (Å²) in [6.45, 7) is 5.86. The van der Waals surface area contributed by atoms with Crippen LogP contribution in [0.4, 0.5) is 0 Å². The van der Waals surface area contributed by atoms with E-state index in [1.165, 1.54) is 32.4 Å². The van der Waals surface area contributed by atoms with Crippen molar-refractivity contribution >= 4 is 21.6 Å². The Morgan fingerprint density at radius 3 is 2.43 bits per heavy atom. The Hall–Kier alpha value is -0.820. The summed E-state index contributed by atoms with van der Waals surface area (Å²) in [6.07, 6.45) is 3.60. The van der Waals surface area contributed by atoms with Gasteiger partial charge in [-0.2, -0.15) is 4.31 Å². The second-order valence-electron chi connectivity index (χ2n) is 5.75. The van der Waals surface area contributed by atoms with Crippen LogP contribution >= 0.6 is 11.6 Å². The lowest BCUT2D eigenvalue weighted by Gasteiger charge is -2.34. The maximum Gasteiger partial charge on any atom is 0.243 e. The molecule has 0 aliphatic carbocycles. The van der Waals surface area contributed by atoms with Crippen molar-refractivity contribution in [2.45, 2.75) is 31.1 Å². The minimum Gasteiger partial charge on any atom is -0.495 e. The number of sulfonamides is 1. The molecule has 1 saturated heterocycles. The van der Waals surface area contributed by atoms with E-state index in [9.17, 15) is 8.42 Å². The monoisotopic (exact) mass is 360 g/mol. The molecule has 0 N–H and O–H groups in total. The molecule has 0 aromatic heterocycles. The predicted molar refractivity (Wildman–Crippen MR) is 92.7 cm³/mol. The van der Waals surface area contributed by atoms with Crippen LogP contribution in [0.5, 0.6) is 5.75 Å². The average Bonchev–Trinajstić information content (AvgIpc) is 2.55. The molecule has 2 rings (SSSR count). The van der Waals surface area contributed by atoms with Crippen molar-refractivity contribution in [1.82, 2.24) is 9.21 Å². The molecule has 1 aliphatic heterocycles. The number of halogens is 1. The number of methoxy groups -OCH3 is 1. The first kappa shape index (κ1) is 18.5. The molecule has 7 heteroatoms. The molecule has 130 valence electrons. The van der Waals surface area contributed by atoms with Crippen LogP contribution in [0.2, 0.25) is 5.02 Å². The van der Waals surface area contributed by atoms with Crippen LogP contribution in [0.25, 0.3) is 0 Å². The summed E-state index contributed by atoms with van der Waals surface area (Å²) in [4.78, 5) is 2.56. The van der Waals surface area contributed by atoms with Crippen molar-refractivity contribution in [2.75, 3.05) is 39.8 Å². The van der Waals surface area contributed by atoms with Gasteiger partial charge >= 0.3 is 0 Å². The number of nitrogens with zero attached hydrogens (tertiary/aromatic N) is 2. The lowest BCUT2D eigenvalue weighted by atomic mass is 10.2. The normalized spacial score (nSPS) is 17.3. The van der Waals surface area contributed by atoms with E-state index in [0.717, 1.165) is 19.6 Å². The molecule has 1 fully saturated rings. The molecule has 23 heavy (non-hydrogen) atoms. The number of ether oxygens (including phenoxy) is 1. The number of hydrogen-bond donors (Lipinski definition) is 0. The molecule has 1 aliphatic rings. The first-order valence-corrected chi connectivity index (χ1v) is 9.87. The quantitative estimate of drug-likeness (QED) is 0.701. The molecular weight excluding hydrogens is 336 g/mol. The number of hydrogen-bond acceptors (Lipinski definition) is 4. The Bertz CT molecular complexity index is 614. The fraction of sp³-hybridized carbons (Fsp3) is 0.625. The summed E-state index contributed by atoms with van der Waals surface area (Å²) in [5, 5.41) is 0.312. The lowest BCUT2D eigenvalue weighted by molar-refractivity contribution is 0.185. The highest BCUT2D eigenvalue weighted by Crippen LogP contribution is 2.28. The molecule has 0 amide bonds. The molecule has 0 radical (unpaired) electrons. The van der Waals surface area contributed by atoms with Crippen molar-refractivity contribution in [3.05, 3.63) is 23.2 Å². The first-order valence-electron chi connectivity index (χ1n) is 8.05. The highest BCUT2D eigenvalue weighted by atomic mass is 35.5. The van der Waals surface area contributed by atoms with Crippen LogP contribution in [-0.4, -0.2) is 57.5 Å². The second-order valence-corrected chi connectivity index (χ2v) is 8.09. The number of benzene rings is 1. The molecule has 5 nitrogen and oxygen atoms in total. The first-order chi connectivity index (χ1) is 11.0. The highest BCUT2D eigenvalue weighted by molar-refractivity contribution is 7.89. The number of rotatable bonds is 7. The Morgan fingerprint density at radius 1 is 1.17 bits per heavy atom. The molecule has 1 heterocycles. The van der Waals surface area contributed by atoms with Gasteiger partial charge in [-0.05, 0) is 31.2 Å². The zero-order valence-corrected chi connectivity index (χ0v) is 15.4. The third-order valence-corrected chi connectivity index (χ3v) is 6.36. The van der Waals surface area contributed by atoms with E-state index in [1.807, 2.05) is 0 Å². The average molecular weight is 361 g/mol. The van der Waals surface area contributed by atoms with Crippen molar-refractivity contribution in [3.8, 4) is 5.75 Å². The van der Waals surface area contributed by atoms with Gasteiger partial charge in [-0.1, -0.05) is 31.4 Å². The summed E-state index contributed by atoms with van der Waals surface area (Å²) in [7, 11) is -1.98. The number of piperazine rings is 1. The van der Waals surface area contributed by atoms with Gasteiger partial charge in [0.1, 0.15) is 5.75 Å². The van der Waals surface area contributed by atoms with Crippen molar-refractivity contribution in [1.29, 1.82) is 0 Å². The Kier molecular flexibility index (Phi) is 6.71. The van der Waals surface area contributed by atoms with Crippen LogP contribution in [0.3, 0.4) is 0 Å². The molecule has 1 aromatic carbocycles. The Labute approximate surface area is 144 Å². The van der Waals surface area contributed by atoms with Crippen molar-refractivity contribution in [2.24, 2.45) is 0 Å². The fourth-order valence-electron chi connectivity index (χ4n) is 2.74. The van der Waals surface area contributed by atoms with Crippen LogP contribution < -0.4 is 4.74 Å². The standard InChI is InChI=1S/C16H25ClN2O3S/c1-3-4-5-8-18-9-11-19(12-10-18)23(20,21)14-6-7-16(22-2)15(17)13-14/h6-7,13H,3-5,8-12H2,1-2H3. The maximum absolute atomic E-state index is 12.7. The van der Waals surface area contributed by atoms with Gasteiger partial charge in [0, 0.05) is 26.2 Å². The molecule has 0 bridgehead atoms. The zero-order valence-electron chi connectivity index (χ0n) is 13.8. The van der Waals surface area contributed by atoms with Crippen LogP contribution in [-0.2, 0) is 10.0 Å². The van der Waals surface area contributed by atoms with E-state index in [4.69, 9.17) is 16.3 Å². The van der Waals surface area contributed by atoms with Gasteiger partial charge in [-0.3, -0.25) is 0 Å². The fourth-order valence-corrected chi connectivity index (χ4v) is 4.51. The van der Waals surface area contributed by atoms with Gasteiger partial charge in [-0.15, -0.1) is 0 Å². The molecule has 0 spiro atoms. The van der Waals surface area contributed by atoms with Gasteiger partial charge in [0.05, 0.1) is 17.0 Å². The van der Waals surface area contributed by atoms with E-state index in [2.05, 4.69) is 11.8 Å². The van der Waals surface area contributed by atoms with Gasteiger partial charge < -0.3 is 9.64 Å². The highest BCUT2D eigenvalue weighted by Gasteiger charge is 2.28. The van der Waals surface area contributed by atoms with Crippen LogP contribution in [0.15, 0.2) is 23.1 Å². The van der Waals surface area contributed by atoms with E-state index >= 15 is 0 Å². The summed E-state index contributed by atoms with van der Waals surface area (Å²) >= 11 is 6.05. The van der Waals surface area contributed by atoms with Crippen molar-refractivity contribution < 1.29 is 13.2 Å². The van der Waals surface area contributed by atoms with Crippen molar-refractivity contribution in [3.63, 3.8) is 0 Å². The minimum atomic E-state index is -3.49. The molecular formula is C16H25ClN2O3S. The maximum atomic E-state index is 12.7. The lowest BCUT2D eigenvalue weighted by Crippen LogP contribution is -2.48. The Balaban J connectivity index is 2.00. The number of unbranched alkanes of at least 4 members (excludes halogenated alkanes) is 2. The van der Waals surface area contributed by atoms with Gasteiger partial charge in [0.2, 0.25) is 10.0 Å². The summed E-state index contributed by atoms with van der Waals surface area (Å²) in [5.41, 5.74) is 0. The zero-order chi connectivity index (χ0) is 16.9. The smallest absolute Gasteiger partial charge is 0.243 e. The molecule has 1 aromatic rings.